The summed E-state index contributed by atoms with van der Waals surface area (Å²) in [5.74, 6) is 0.879. The molecule has 0 bridgehead atoms. The number of piperazine rings is 1. The SMILES string of the molecule is CCCCc1ccc(NC(=S)N2CC[NH+](Cc3cc(C)on3)CC2)cc1. The largest absolute Gasteiger partial charge is 0.361 e. The second-order valence-electron chi connectivity index (χ2n) is 7.07. The molecule has 0 saturated carbocycles. The van der Waals surface area contributed by atoms with Gasteiger partial charge in [-0.15, -0.1) is 0 Å². The fraction of sp³-hybridized carbons (Fsp3) is 0.500. The Bertz CT molecular complexity index is 705. The van der Waals surface area contributed by atoms with Crippen molar-refractivity contribution in [2.45, 2.75) is 39.7 Å². The molecule has 3 rings (SSSR count). The van der Waals surface area contributed by atoms with Crippen LogP contribution in [0.3, 0.4) is 0 Å². The Morgan fingerprint density at radius 2 is 2.00 bits per heavy atom. The van der Waals surface area contributed by atoms with Crippen molar-refractivity contribution in [3.8, 4) is 0 Å². The topological polar surface area (TPSA) is 45.7 Å². The van der Waals surface area contributed by atoms with Gasteiger partial charge in [0, 0.05) is 11.8 Å². The van der Waals surface area contributed by atoms with Crippen LogP contribution in [0.4, 0.5) is 5.69 Å². The maximum Gasteiger partial charge on any atom is 0.173 e. The predicted molar refractivity (Wildman–Crippen MR) is 108 cm³/mol. The van der Waals surface area contributed by atoms with Crippen molar-refractivity contribution in [2.24, 2.45) is 0 Å². The molecule has 2 heterocycles. The lowest BCUT2D eigenvalue weighted by molar-refractivity contribution is -0.917. The first kappa shape index (κ1) is 18.9. The average Bonchev–Trinajstić information content (AvgIpc) is 3.06. The van der Waals surface area contributed by atoms with E-state index in [1.807, 2.05) is 13.0 Å². The Labute approximate surface area is 161 Å². The molecule has 1 saturated heterocycles. The summed E-state index contributed by atoms with van der Waals surface area (Å²) in [6, 6.07) is 10.7. The molecule has 140 valence electrons. The van der Waals surface area contributed by atoms with Crippen LogP contribution >= 0.6 is 12.2 Å². The van der Waals surface area contributed by atoms with Crippen LogP contribution in [-0.4, -0.2) is 41.3 Å². The smallest absolute Gasteiger partial charge is 0.173 e. The summed E-state index contributed by atoms with van der Waals surface area (Å²) in [4.78, 5) is 3.79. The molecule has 5 nitrogen and oxygen atoms in total. The maximum absolute atomic E-state index is 5.61. The van der Waals surface area contributed by atoms with E-state index < -0.39 is 0 Å². The van der Waals surface area contributed by atoms with Crippen LogP contribution < -0.4 is 10.2 Å². The molecule has 26 heavy (non-hydrogen) atoms. The van der Waals surface area contributed by atoms with Gasteiger partial charge in [0.15, 0.2) is 5.11 Å². The van der Waals surface area contributed by atoms with Gasteiger partial charge in [-0.25, -0.2) is 0 Å². The van der Waals surface area contributed by atoms with Gasteiger partial charge in [0.05, 0.1) is 26.2 Å². The summed E-state index contributed by atoms with van der Waals surface area (Å²) < 4.78 is 5.16. The number of rotatable bonds is 6. The van der Waals surface area contributed by atoms with E-state index in [4.69, 9.17) is 16.7 Å². The molecular formula is C20H29N4OS+. The lowest BCUT2D eigenvalue weighted by atomic mass is 10.1. The number of thiocarbonyl (C=S) groups is 1. The Morgan fingerprint density at radius 3 is 2.62 bits per heavy atom. The minimum atomic E-state index is 0.822. The maximum atomic E-state index is 5.61. The molecule has 1 aromatic heterocycles. The second kappa shape index (κ2) is 9.14. The number of aryl methyl sites for hydroxylation is 2. The number of aromatic nitrogens is 1. The Balaban J connectivity index is 1.44. The van der Waals surface area contributed by atoms with E-state index in [0.29, 0.717) is 0 Å². The van der Waals surface area contributed by atoms with Crippen molar-refractivity contribution >= 4 is 23.0 Å². The number of benzene rings is 1. The van der Waals surface area contributed by atoms with E-state index in [0.717, 1.165) is 61.4 Å². The first-order valence-corrected chi connectivity index (χ1v) is 9.95. The van der Waals surface area contributed by atoms with E-state index in [-0.39, 0.29) is 0 Å². The molecular weight excluding hydrogens is 344 g/mol. The van der Waals surface area contributed by atoms with Gasteiger partial charge in [0.25, 0.3) is 0 Å². The van der Waals surface area contributed by atoms with Gasteiger partial charge >= 0.3 is 0 Å². The summed E-state index contributed by atoms with van der Waals surface area (Å²) in [6.07, 6.45) is 3.62. The highest BCUT2D eigenvalue weighted by Crippen LogP contribution is 2.12. The highest BCUT2D eigenvalue weighted by molar-refractivity contribution is 7.80. The Kier molecular flexibility index (Phi) is 6.63. The fourth-order valence-corrected chi connectivity index (χ4v) is 3.60. The molecule has 0 aliphatic carbocycles. The predicted octanol–water partition coefficient (Wildman–Crippen LogP) is 2.42. The molecule has 0 amide bonds. The van der Waals surface area contributed by atoms with Gasteiger partial charge < -0.3 is 19.6 Å². The average molecular weight is 374 g/mol. The quantitative estimate of drug-likeness (QED) is 0.762. The van der Waals surface area contributed by atoms with Crippen molar-refractivity contribution in [1.29, 1.82) is 0 Å². The highest BCUT2D eigenvalue weighted by atomic mass is 32.1. The normalized spacial score (nSPS) is 15.2. The van der Waals surface area contributed by atoms with Crippen molar-refractivity contribution < 1.29 is 9.42 Å². The van der Waals surface area contributed by atoms with E-state index in [2.05, 4.69) is 46.6 Å². The highest BCUT2D eigenvalue weighted by Gasteiger charge is 2.22. The van der Waals surface area contributed by atoms with Crippen molar-refractivity contribution in [2.75, 3.05) is 31.5 Å². The first-order valence-electron chi connectivity index (χ1n) is 9.54. The Morgan fingerprint density at radius 1 is 1.27 bits per heavy atom. The number of anilines is 1. The monoisotopic (exact) mass is 373 g/mol. The van der Waals surface area contributed by atoms with Crippen LogP contribution in [0.5, 0.6) is 0 Å². The zero-order chi connectivity index (χ0) is 18.4. The fourth-order valence-electron chi connectivity index (χ4n) is 3.30. The number of nitrogens with one attached hydrogen (secondary N) is 2. The third kappa shape index (κ3) is 5.29. The zero-order valence-corrected chi connectivity index (χ0v) is 16.6. The molecule has 0 spiro atoms. The second-order valence-corrected chi connectivity index (χ2v) is 7.46. The van der Waals surface area contributed by atoms with Crippen LogP contribution in [0.2, 0.25) is 0 Å². The van der Waals surface area contributed by atoms with Crippen LogP contribution in [0.1, 0.15) is 36.8 Å². The molecule has 6 heteroatoms. The molecule has 1 aromatic carbocycles. The van der Waals surface area contributed by atoms with Crippen molar-refractivity contribution in [3.05, 3.63) is 47.3 Å². The lowest BCUT2D eigenvalue weighted by Gasteiger charge is -2.33. The number of hydrogen-bond donors (Lipinski definition) is 2. The standard InChI is InChI=1S/C20H28N4OS/c1-3-4-5-17-6-8-18(9-7-17)21-20(26)24-12-10-23(11-13-24)15-19-14-16(2)25-22-19/h6-9,14H,3-5,10-13,15H2,1-2H3,(H,21,26)/p+1. The number of unbranched alkanes of at least 4 members (excludes halogenated alkanes) is 1. The van der Waals surface area contributed by atoms with Gasteiger partial charge in [-0.05, 0) is 49.7 Å². The van der Waals surface area contributed by atoms with E-state index in [1.54, 1.807) is 0 Å². The summed E-state index contributed by atoms with van der Waals surface area (Å²) in [7, 11) is 0. The van der Waals surface area contributed by atoms with Crippen LogP contribution in [0, 0.1) is 6.92 Å². The van der Waals surface area contributed by atoms with Gasteiger partial charge in [-0.3, -0.25) is 0 Å². The molecule has 0 atom stereocenters. The van der Waals surface area contributed by atoms with Gasteiger partial charge in [-0.1, -0.05) is 30.6 Å². The lowest BCUT2D eigenvalue weighted by Crippen LogP contribution is -3.13. The summed E-state index contributed by atoms with van der Waals surface area (Å²) >= 11 is 5.61. The number of nitrogens with zero attached hydrogens (tertiary/aromatic N) is 2. The molecule has 1 aliphatic rings. The molecule has 1 fully saturated rings. The van der Waals surface area contributed by atoms with Crippen LogP contribution in [0.15, 0.2) is 34.9 Å². The summed E-state index contributed by atoms with van der Waals surface area (Å²) in [5.41, 5.74) is 3.50. The van der Waals surface area contributed by atoms with Gasteiger partial charge in [-0.2, -0.15) is 0 Å². The minimum absolute atomic E-state index is 0.822. The molecule has 0 unspecified atom stereocenters. The van der Waals surface area contributed by atoms with Crippen LogP contribution in [-0.2, 0) is 13.0 Å². The molecule has 1 aliphatic heterocycles. The van der Waals surface area contributed by atoms with E-state index in [1.165, 1.54) is 23.3 Å². The van der Waals surface area contributed by atoms with Crippen molar-refractivity contribution in [3.63, 3.8) is 0 Å². The zero-order valence-electron chi connectivity index (χ0n) is 15.8. The minimum Gasteiger partial charge on any atom is -0.361 e. The number of quaternary nitrogens is 1. The molecule has 2 aromatic rings. The van der Waals surface area contributed by atoms with Crippen molar-refractivity contribution in [1.82, 2.24) is 10.1 Å². The first-order chi connectivity index (χ1) is 12.6. The molecule has 0 radical (unpaired) electrons. The van der Waals surface area contributed by atoms with Gasteiger partial charge in [0.2, 0.25) is 0 Å². The van der Waals surface area contributed by atoms with Gasteiger partial charge in [0.1, 0.15) is 18.0 Å². The van der Waals surface area contributed by atoms with E-state index >= 15 is 0 Å². The Hall–Kier alpha value is -1.92. The van der Waals surface area contributed by atoms with Crippen LogP contribution in [0.25, 0.3) is 0 Å². The number of hydrogen-bond acceptors (Lipinski definition) is 3. The molecule has 2 N–H and O–H groups in total. The summed E-state index contributed by atoms with van der Waals surface area (Å²) in [6.45, 7) is 9.13. The third-order valence-corrected chi connectivity index (χ3v) is 5.25. The summed E-state index contributed by atoms with van der Waals surface area (Å²) in [5, 5.41) is 8.30. The van der Waals surface area contributed by atoms with E-state index in [9.17, 15) is 0 Å². The third-order valence-electron chi connectivity index (χ3n) is 4.89.